The topological polar surface area (TPSA) is 126 Å². The highest BCUT2D eigenvalue weighted by atomic mass is 32.2. The van der Waals surface area contributed by atoms with E-state index in [1.165, 1.54) is 25.5 Å². The van der Waals surface area contributed by atoms with E-state index >= 15 is 0 Å². The molecule has 2 N–H and O–H groups in total. The summed E-state index contributed by atoms with van der Waals surface area (Å²) in [7, 11) is -2.52. The van der Waals surface area contributed by atoms with Crippen LogP contribution in [0.3, 0.4) is 0 Å². The fraction of sp³-hybridized carbons (Fsp3) is 0.182. The average Bonchev–Trinajstić information content (AvgIpc) is 3.03. The number of carbonyl (C=O) groups is 2. The number of rotatable bonds is 13. The van der Waals surface area contributed by atoms with Crippen molar-refractivity contribution in [3.63, 3.8) is 0 Å². The van der Waals surface area contributed by atoms with Gasteiger partial charge in [-0.15, -0.1) is 0 Å². The van der Waals surface area contributed by atoms with Gasteiger partial charge in [-0.3, -0.25) is 13.9 Å². The lowest BCUT2D eigenvalue weighted by molar-refractivity contribution is -0.119. The highest BCUT2D eigenvalue weighted by molar-refractivity contribution is 7.92. The zero-order chi connectivity index (χ0) is 31.5. The maximum atomic E-state index is 13.7. The van der Waals surface area contributed by atoms with Gasteiger partial charge in [-0.25, -0.2) is 13.8 Å². The maximum absolute atomic E-state index is 13.7. The smallest absolute Gasteiger partial charge is 0.264 e. The van der Waals surface area contributed by atoms with Gasteiger partial charge >= 0.3 is 0 Å². The summed E-state index contributed by atoms with van der Waals surface area (Å²) in [6.45, 7) is 3.13. The zero-order valence-electron chi connectivity index (χ0n) is 24.7. The van der Waals surface area contributed by atoms with Crippen LogP contribution in [0.1, 0.15) is 23.6 Å². The Hall–Kier alpha value is -5.16. The number of nitrogens with zero attached hydrogens (tertiary/aromatic N) is 2. The standard InChI is InChI=1S/C33H34N4O6S/c1-4-26-9-5-7-11-30(26)37(44(40,41)28-19-13-24(2)14-20-28)22-32(38)36-34-21-25-15-17-27(18-16-25)43-23-33(39)35-29-10-6-8-12-31(29)42-3/h5-21H,4,22-23H2,1-3H3,(H,35,39)(H,36,38)/b34-21-. The molecule has 0 atom stereocenters. The minimum Gasteiger partial charge on any atom is -0.495 e. The molecule has 4 rings (SSSR count). The van der Waals surface area contributed by atoms with Crippen LogP contribution in [0.15, 0.2) is 107 Å². The van der Waals surface area contributed by atoms with Crippen molar-refractivity contribution in [1.29, 1.82) is 0 Å². The third kappa shape index (κ3) is 8.23. The SMILES string of the molecule is CCc1ccccc1N(CC(=O)N/N=C\c1ccc(OCC(=O)Nc2ccccc2OC)cc1)S(=O)(=O)c1ccc(C)cc1. The van der Waals surface area contributed by atoms with Crippen LogP contribution in [0.25, 0.3) is 0 Å². The molecule has 0 unspecified atom stereocenters. The second-order valence-electron chi connectivity index (χ2n) is 9.71. The molecule has 11 heteroatoms. The van der Waals surface area contributed by atoms with Crippen LogP contribution in [0, 0.1) is 6.92 Å². The molecule has 0 radical (unpaired) electrons. The zero-order valence-corrected chi connectivity index (χ0v) is 25.5. The lowest BCUT2D eigenvalue weighted by atomic mass is 10.1. The number of hydrogen-bond acceptors (Lipinski definition) is 7. The number of hydrazone groups is 1. The van der Waals surface area contributed by atoms with Crippen molar-refractivity contribution >= 4 is 39.4 Å². The molecule has 4 aromatic carbocycles. The minimum atomic E-state index is -4.04. The lowest BCUT2D eigenvalue weighted by Crippen LogP contribution is -2.40. The first-order valence-corrected chi connectivity index (χ1v) is 15.3. The number of hydrogen-bond donors (Lipinski definition) is 2. The van der Waals surface area contributed by atoms with Crippen molar-refractivity contribution in [2.24, 2.45) is 5.10 Å². The van der Waals surface area contributed by atoms with Gasteiger partial charge in [0.15, 0.2) is 6.61 Å². The third-order valence-electron chi connectivity index (χ3n) is 6.57. The van der Waals surface area contributed by atoms with Crippen molar-refractivity contribution in [3.05, 3.63) is 114 Å². The molecular weight excluding hydrogens is 580 g/mol. The largest absolute Gasteiger partial charge is 0.495 e. The first-order chi connectivity index (χ1) is 21.2. The molecule has 0 heterocycles. The number of nitrogens with one attached hydrogen (secondary N) is 2. The lowest BCUT2D eigenvalue weighted by Gasteiger charge is -2.25. The molecule has 44 heavy (non-hydrogen) atoms. The molecule has 10 nitrogen and oxygen atoms in total. The van der Waals surface area contributed by atoms with Gasteiger partial charge in [-0.1, -0.05) is 55.0 Å². The van der Waals surface area contributed by atoms with Gasteiger partial charge in [-0.05, 0) is 79.1 Å². The number of methoxy groups -OCH3 is 1. The van der Waals surface area contributed by atoms with E-state index in [-0.39, 0.29) is 17.4 Å². The van der Waals surface area contributed by atoms with Gasteiger partial charge in [-0.2, -0.15) is 5.10 Å². The fourth-order valence-corrected chi connectivity index (χ4v) is 5.73. The molecule has 0 spiro atoms. The second kappa shape index (κ2) is 14.8. The van der Waals surface area contributed by atoms with Crippen LogP contribution in [-0.2, 0) is 26.0 Å². The summed E-state index contributed by atoms with van der Waals surface area (Å²) in [6.07, 6.45) is 2.01. The molecule has 2 amide bonds. The Morgan fingerprint density at radius 3 is 2.27 bits per heavy atom. The number of aryl methyl sites for hydroxylation is 2. The number of carbonyl (C=O) groups excluding carboxylic acids is 2. The summed E-state index contributed by atoms with van der Waals surface area (Å²) in [5.41, 5.74) is 5.76. The number of para-hydroxylation sites is 3. The summed E-state index contributed by atoms with van der Waals surface area (Å²) in [5, 5.41) is 6.74. The van der Waals surface area contributed by atoms with Crippen molar-refractivity contribution in [1.82, 2.24) is 5.43 Å². The number of benzene rings is 4. The molecule has 228 valence electrons. The highest BCUT2D eigenvalue weighted by Crippen LogP contribution is 2.28. The van der Waals surface area contributed by atoms with Crippen LogP contribution in [-0.4, -0.2) is 46.7 Å². The molecule has 0 saturated carbocycles. The highest BCUT2D eigenvalue weighted by Gasteiger charge is 2.28. The molecule has 0 fully saturated rings. The van der Waals surface area contributed by atoms with Gasteiger partial charge in [0.05, 0.1) is 29.6 Å². The maximum Gasteiger partial charge on any atom is 0.264 e. The summed E-state index contributed by atoms with van der Waals surface area (Å²) in [6, 6.07) is 27.4. The van der Waals surface area contributed by atoms with E-state index in [1.807, 2.05) is 26.0 Å². The van der Waals surface area contributed by atoms with Crippen LogP contribution >= 0.6 is 0 Å². The fourth-order valence-electron chi connectivity index (χ4n) is 4.27. The number of ether oxygens (including phenoxy) is 2. The van der Waals surface area contributed by atoms with Crippen LogP contribution in [0.2, 0.25) is 0 Å². The van der Waals surface area contributed by atoms with E-state index in [2.05, 4.69) is 15.8 Å². The quantitative estimate of drug-likeness (QED) is 0.163. The van der Waals surface area contributed by atoms with E-state index < -0.39 is 22.5 Å². The molecule has 0 saturated heterocycles. The molecule has 0 bridgehead atoms. The van der Waals surface area contributed by atoms with E-state index in [0.717, 1.165) is 15.4 Å². The monoisotopic (exact) mass is 614 g/mol. The van der Waals surface area contributed by atoms with Gasteiger partial charge in [0.25, 0.3) is 21.8 Å². The molecular formula is C33H34N4O6S. The molecule has 4 aromatic rings. The first-order valence-electron chi connectivity index (χ1n) is 13.9. The van der Waals surface area contributed by atoms with Crippen molar-refractivity contribution in [2.45, 2.75) is 25.2 Å². The van der Waals surface area contributed by atoms with Gasteiger partial charge in [0, 0.05) is 0 Å². The Kier molecular flexibility index (Phi) is 10.7. The summed E-state index contributed by atoms with van der Waals surface area (Å²) in [5.74, 6) is 0.0579. The van der Waals surface area contributed by atoms with Crippen molar-refractivity contribution in [2.75, 3.05) is 29.9 Å². The second-order valence-corrected chi connectivity index (χ2v) is 11.6. The summed E-state index contributed by atoms with van der Waals surface area (Å²) in [4.78, 5) is 25.3. The van der Waals surface area contributed by atoms with Gasteiger partial charge in [0.1, 0.15) is 18.0 Å². The summed E-state index contributed by atoms with van der Waals surface area (Å²) >= 11 is 0. The number of amides is 2. The van der Waals surface area contributed by atoms with Crippen LogP contribution < -0.4 is 24.5 Å². The summed E-state index contributed by atoms with van der Waals surface area (Å²) < 4.78 is 39.2. The molecule has 0 aliphatic carbocycles. The van der Waals surface area contributed by atoms with E-state index in [4.69, 9.17) is 9.47 Å². The normalized spacial score (nSPS) is 11.2. The van der Waals surface area contributed by atoms with E-state index in [1.54, 1.807) is 72.8 Å². The Labute approximate surface area is 257 Å². The van der Waals surface area contributed by atoms with E-state index in [0.29, 0.717) is 34.9 Å². The molecule has 0 aliphatic heterocycles. The van der Waals surface area contributed by atoms with Crippen molar-refractivity contribution in [3.8, 4) is 11.5 Å². The average molecular weight is 615 g/mol. The van der Waals surface area contributed by atoms with Gasteiger partial charge < -0.3 is 14.8 Å². The van der Waals surface area contributed by atoms with E-state index in [9.17, 15) is 18.0 Å². The van der Waals surface area contributed by atoms with Gasteiger partial charge in [0.2, 0.25) is 0 Å². The van der Waals surface area contributed by atoms with Crippen molar-refractivity contribution < 1.29 is 27.5 Å². The molecule has 0 aliphatic rings. The molecule has 0 aromatic heterocycles. The minimum absolute atomic E-state index is 0.0879. The Balaban J connectivity index is 1.37. The Morgan fingerprint density at radius 2 is 1.57 bits per heavy atom. The predicted octanol–water partition coefficient (Wildman–Crippen LogP) is 4.93. The first kappa shape index (κ1) is 31.8. The van der Waals surface area contributed by atoms with Crippen LogP contribution in [0.5, 0.6) is 11.5 Å². The number of anilines is 2. The Morgan fingerprint density at radius 1 is 0.886 bits per heavy atom. The number of sulfonamides is 1. The third-order valence-corrected chi connectivity index (χ3v) is 8.35. The van der Waals surface area contributed by atoms with Crippen LogP contribution in [0.4, 0.5) is 11.4 Å². The predicted molar refractivity (Wildman–Crippen MR) is 171 cm³/mol. The Bertz CT molecular complexity index is 1720.